The van der Waals surface area contributed by atoms with Crippen LogP contribution in [0.4, 0.5) is 0 Å². The lowest BCUT2D eigenvalue weighted by atomic mass is 10.1. The minimum absolute atomic E-state index is 0.105. The average Bonchev–Trinajstić information content (AvgIpc) is 1.99. The quantitative estimate of drug-likeness (QED) is 0.730. The van der Waals surface area contributed by atoms with Gasteiger partial charge in [0.1, 0.15) is 0 Å². The number of rotatable bonds is 3. The van der Waals surface area contributed by atoms with Gasteiger partial charge in [0.25, 0.3) is 0 Å². The fourth-order valence-corrected chi connectivity index (χ4v) is 3.17. The van der Waals surface area contributed by atoms with E-state index in [1.54, 1.807) is 0 Å². The van der Waals surface area contributed by atoms with Crippen molar-refractivity contribution >= 4 is 9.84 Å². The van der Waals surface area contributed by atoms with Gasteiger partial charge in [-0.1, -0.05) is 0 Å². The van der Waals surface area contributed by atoms with Gasteiger partial charge in [0.05, 0.1) is 11.5 Å². The first-order valence-corrected chi connectivity index (χ1v) is 7.29. The predicted octanol–water partition coefficient (Wildman–Crippen LogP) is 0.151. The van der Waals surface area contributed by atoms with Gasteiger partial charge in [-0.15, -0.1) is 0 Å². The Morgan fingerprint density at radius 2 is 2.07 bits per heavy atom. The monoisotopic (exact) mass is 234 g/mol. The summed E-state index contributed by atoms with van der Waals surface area (Å²) in [5.41, 5.74) is 0.105. The van der Waals surface area contributed by atoms with Crippen LogP contribution in [-0.4, -0.2) is 44.6 Å². The Morgan fingerprint density at radius 1 is 1.40 bits per heavy atom. The summed E-state index contributed by atoms with van der Waals surface area (Å²) in [5.74, 6) is 0.578. The van der Waals surface area contributed by atoms with Crippen LogP contribution in [0.25, 0.3) is 0 Å². The third-order valence-electron chi connectivity index (χ3n) is 2.45. The lowest BCUT2D eigenvalue weighted by Crippen LogP contribution is -2.47. The summed E-state index contributed by atoms with van der Waals surface area (Å²) >= 11 is 0. The van der Waals surface area contributed by atoms with Crippen molar-refractivity contribution < 1.29 is 8.42 Å². The Bertz CT molecular complexity index is 293. The second-order valence-electron chi connectivity index (χ2n) is 5.23. The standard InChI is InChI=1S/C10H22N2O2S/c1-10(2,3)12-5-4-9-8-15(13,14)7-6-11-9/h9,11-12H,4-8H2,1-3H3. The minimum Gasteiger partial charge on any atom is -0.312 e. The molecule has 1 fully saturated rings. The van der Waals surface area contributed by atoms with E-state index in [1.165, 1.54) is 0 Å². The number of sulfone groups is 1. The topological polar surface area (TPSA) is 58.2 Å². The van der Waals surface area contributed by atoms with Gasteiger partial charge in [-0.25, -0.2) is 8.42 Å². The smallest absolute Gasteiger partial charge is 0.153 e. The average molecular weight is 234 g/mol. The second kappa shape index (κ2) is 4.80. The minimum atomic E-state index is -2.79. The van der Waals surface area contributed by atoms with E-state index in [1.807, 2.05) is 0 Å². The van der Waals surface area contributed by atoms with Crippen LogP contribution in [0.1, 0.15) is 27.2 Å². The molecule has 1 unspecified atom stereocenters. The number of hydrogen-bond donors (Lipinski definition) is 2. The molecule has 0 aromatic heterocycles. The lowest BCUT2D eigenvalue weighted by molar-refractivity contribution is 0.397. The fraction of sp³-hybridized carbons (Fsp3) is 1.00. The van der Waals surface area contributed by atoms with Gasteiger partial charge in [0.2, 0.25) is 0 Å². The molecule has 5 heteroatoms. The summed E-state index contributed by atoms with van der Waals surface area (Å²) in [7, 11) is -2.79. The van der Waals surface area contributed by atoms with Crippen LogP contribution in [0.15, 0.2) is 0 Å². The van der Waals surface area contributed by atoms with E-state index < -0.39 is 9.84 Å². The Labute approximate surface area is 92.7 Å². The zero-order valence-electron chi connectivity index (χ0n) is 9.84. The van der Waals surface area contributed by atoms with E-state index in [0.29, 0.717) is 12.3 Å². The summed E-state index contributed by atoms with van der Waals surface area (Å²) < 4.78 is 22.7. The van der Waals surface area contributed by atoms with Crippen LogP contribution >= 0.6 is 0 Å². The van der Waals surface area contributed by atoms with Crippen LogP contribution in [0.3, 0.4) is 0 Å². The van der Waals surface area contributed by atoms with Crippen molar-refractivity contribution in [1.29, 1.82) is 0 Å². The molecular formula is C10H22N2O2S. The maximum atomic E-state index is 11.4. The van der Waals surface area contributed by atoms with Gasteiger partial charge in [0, 0.05) is 18.1 Å². The summed E-state index contributed by atoms with van der Waals surface area (Å²) in [6.45, 7) is 7.79. The van der Waals surface area contributed by atoms with E-state index in [9.17, 15) is 8.42 Å². The van der Waals surface area contributed by atoms with E-state index in [0.717, 1.165) is 13.0 Å². The maximum Gasteiger partial charge on any atom is 0.153 e. The summed E-state index contributed by atoms with van der Waals surface area (Å²) in [6.07, 6.45) is 0.872. The molecule has 0 aliphatic carbocycles. The molecule has 1 aliphatic heterocycles. The second-order valence-corrected chi connectivity index (χ2v) is 7.46. The van der Waals surface area contributed by atoms with Crippen molar-refractivity contribution in [3.05, 3.63) is 0 Å². The Hall–Kier alpha value is -0.130. The van der Waals surface area contributed by atoms with Gasteiger partial charge in [-0.2, -0.15) is 0 Å². The molecule has 1 aliphatic rings. The zero-order chi connectivity index (χ0) is 11.5. The van der Waals surface area contributed by atoms with Gasteiger partial charge in [0.15, 0.2) is 9.84 Å². The molecule has 0 spiro atoms. The van der Waals surface area contributed by atoms with Crippen molar-refractivity contribution in [2.45, 2.75) is 38.8 Å². The van der Waals surface area contributed by atoms with Crippen molar-refractivity contribution in [2.24, 2.45) is 0 Å². The molecule has 0 aromatic rings. The third-order valence-corrected chi connectivity index (χ3v) is 4.19. The molecule has 1 atom stereocenters. The highest BCUT2D eigenvalue weighted by Crippen LogP contribution is 2.05. The molecule has 2 N–H and O–H groups in total. The first kappa shape index (κ1) is 12.9. The van der Waals surface area contributed by atoms with Crippen LogP contribution < -0.4 is 10.6 Å². The first-order chi connectivity index (χ1) is 6.79. The highest BCUT2D eigenvalue weighted by molar-refractivity contribution is 7.91. The molecule has 0 radical (unpaired) electrons. The molecular weight excluding hydrogens is 212 g/mol. The molecule has 15 heavy (non-hydrogen) atoms. The van der Waals surface area contributed by atoms with Crippen LogP contribution in [-0.2, 0) is 9.84 Å². The SMILES string of the molecule is CC(C)(C)NCCC1CS(=O)(=O)CCN1. The Morgan fingerprint density at radius 3 is 2.60 bits per heavy atom. The van der Waals surface area contributed by atoms with Gasteiger partial charge >= 0.3 is 0 Å². The fourth-order valence-electron chi connectivity index (χ4n) is 1.67. The van der Waals surface area contributed by atoms with Crippen molar-refractivity contribution in [3.63, 3.8) is 0 Å². The summed E-state index contributed by atoms with van der Waals surface area (Å²) in [5, 5.41) is 6.60. The van der Waals surface area contributed by atoms with E-state index in [-0.39, 0.29) is 17.3 Å². The van der Waals surface area contributed by atoms with E-state index >= 15 is 0 Å². The number of nitrogens with one attached hydrogen (secondary N) is 2. The normalized spacial score (nSPS) is 26.5. The third kappa shape index (κ3) is 5.49. The van der Waals surface area contributed by atoms with Crippen LogP contribution in [0, 0.1) is 0 Å². The van der Waals surface area contributed by atoms with Crippen molar-refractivity contribution in [2.75, 3.05) is 24.6 Å². The lowest BCUT2D eigenvalue weighted by Gasteiger charge is -2.26. The molecule has 1 heterocycles. The van der Waals surface area contributed by atoms with Gasteiger partial charge in [-0.05, 0) is 33.7 Å². The van der Waals surface area contributed by atoms with E-state index in [2.05, 4.69) is 31.4 Å². The number of hydrogen-bond acceptors (Lipinski definition) is 4. The Balaban J connectivity index is 2.28. The summed E-state index contributed by atoms with van der Waals surface area (Å²) in [6, 6.07) is 0.124. The molecule has 0 saturated carbocycles. The van der Waals surface area contributed by atoms with Crippen LogP contribution in [0.5, 0.6) is 0 Å². The molecule has 1 saturated heterocycles. The first-order valence-electron chi connectivity index (χ1n) is 5.47. The van der Waals surface area contributed by atoms with Crippen molar-refractivity contribution in [1.82, 2.24) is 10.6 Å². The largest absolute Gasteiger partial charge is 0.312 e. The highest BCUT2D eigenvalue weighted by atomic mass is 32.2. The highest BCUT2D eigenvalue weighted by Gasteiger charge is 2.23. The molecule has 90 valence electrons. The molecule has 0 aromatic carbocycles. The van der Waals surface area contributed by atoms with Gasteiger partial charge in [-0.3, -0.25) is 0 Å². The molecule has 0 bridgehead atoms. The maximum absolute atomic E-state index is 11.4. The van der Waals surface area contributed by atoms with E-state index in [4.69, 9.17) is 0 Å². The van der Waals surface area contributed by atoms with Gasteiger partial charge < -0.3 is 10.6 Å². The van der Waals surface area contributed by atoms with Crippen LogP contribution in [0.2, 0.25) is 0 Å². The molecule has 0 amide bonds. The van der Waals surface area contributed by atoms with Crippen molar-refractivity contribution in [3.8, 4) is 0 Å². The predicted molar refractivity (Wildman–Crippen MR) is 62.8 cm³/mol. The Kier molecular flexibility index (Phi) is 4.14. The zero-order valence-corrected chi connectivity index (χ0v) is 10.7. The summed E-state index contributed by atoms with van der Waals surface area (Å²) in [4.78, 5) is 0. The molecule has 4 nitrogen and oxygen atoms in total. The molecule has 1 rings (SSSR count).